The Morgan fingerprint density at radius 3 is 2.76 bits per heavy atom. The lowest BCUT2D eigenvalue weighted by Gasteiger charge is -2.20. The monoisotopic (exact) mass is 259 g/mol. The van der Waals surface area contributed by atoms with Gasteiger partial charge in [0.2, 0.25) is 0 Å². The van der Waals surface area contributed by atoms with Crippen molar-refractivity contribution in [3.63, 3.8) is 0 Å². The Labute approximate surface area is 104 Å². The molecule has 0 spiro atoms. The number of carbonyl (C=O) groups is 1. The zero-order valence-electron chi connectivity index (χ0n) is 9.27. The number of phenolic OH excluding ortho intramolecular Hbond substituents is 1. The van der Waals surface area contributed by atoms with Gasteiger partial charge in [0.05, 0.1) is 17.2 Å². The van der Waals surface area contributed by atoms with Crippen LogP contribution in [0.2, 0.25) is 5.02 Å². The lowest BCUT2D eigenvalue weighted by atomic mass is 10.1. The quantitative estimate of drug-likeness (QED) is 0.635. The number of aliphatic hydroxyl groups excluding tert-OH is 1. The second-order valence-corrected chi connectivity index (χ2v) is 4.41. The summed E-state index contributed by atoms with van der Waals surface area (Å²) in [5, 5.41) is 30.1. The normalized spacial score (nSPS) is 14.1. The van der Waals surface area contributed by atoms with E-state index >= 15 is 0 Å². The highest BCUT2D eigenvalue weighted by Gasteiger charge is 2.21. The van der Waals surface area contributed by atoms with Gasteiger partial charge < -0.3 is 20.6 Å². The molecule has 1 amide bonds. The van der Waals surface area contributed by atoms with Crippen LogP contribution in [0, 0.1) is 0 Å². The average Bonchev–Trinajstić information content (AvgIpc) is 2.29. The molecule has 0 saturated heterocycles. The van der Waals surface area contributed by atoms with E-state index in [0.717, 1.165) is 0 Å². The van der Waals surface area contributed by atoms with Gasteiger partial charge in [-0.05, 0) is 25.1 Å². The van der Waals surface area contributed by atoms with Crippen molar-refractivity contribution in [2.45, 2.75) is 12.5 Å². The van der Waals surface area contributed by atoms with E-state index in [-0.39, 0.29) is 22.9 Å². The Morgan fingerprint density at radius 1 is 1.53 bits per heavy atom. The summed E-state index contributed by atoms with van der Waals surface area (Å²) in [7, 11) is 0. The number of halogens is 1. The molecule has 94 valence electrons. The highest BCUT2D eigenvalue weighted by atomic mass is 35.5. The van der Waals surface area contributed by atoms with E-state index in [4.69, 9.17) is 16.7 Å². The second kappa shape index (κ2) is 5.35. The maximum atomic E-state index is 11.7. The molecule has 0 bridgehead atoms. The molecule has 0 aliphatic carbocycles. The fourth-order valence-electron chi connectivity index (χ4n) is 1.11. The van der Waals surface area contributed by atoms with Crippen LogP contribution in [0.15, 0.2) is 18.2 Å². The summed E-state index contributed by atoms with van der Waals surface area (Å²) >= 11 is 5.79. The van der Waals surface area contributed by atoms with E-state index in [1.165, 1.54) is 25.1 Å². The van der Waals surface area contributed by atoms with Crippen LogP contribution < -0.4 is 5.32 Å². The third kappa shape index (κ3) is 3.89. The molecule has 6 heteroatoms. The molecule has 0 aromatic heterocycles. The Hall–Kier alpha value is -1.30. The Morgan fingerprint density at radius 2 is 2.18 bits per heavy atom. The molecule has 0 saturated carbocycles. The van der Waals surface area contributed by atoms with E-state index in [9.17, 15) is 15.0 Å². The zero-order chi connectivity index (χ0) is 13.1. The standard InChI is InChI=1S/C11H14ClNO4/c1-11(17,6-14)5-13-10(16)8-4-7(15)2-3-9(8)12/h2-4,14-15,17H,5-6H2,1H3,(H,13,16). The highest BCUT2D eigenvalue weighted by molar-refractivity contribution is 6.33. The van der Waals surface area contributed by atoms with Gasteiger partial charge in [0.25, 0.3) is 5.91 Å². The van der Waals surface area contributed by atoms with Crippen molar-refractivity contribution in [3.8, 4) is 5.75 Å². The van der Waals surface area contributed by atoms with Crippen LogP contribution in [-0.4, -0.2) is 40.0 Å². The lowest BCUT2D eigenvalue weighted by Crippen LogP contribution is -2.43. The van der Waals surface area contributed by atoms with Crippen LogP contribution in [-0.2, 0) is 0 Å². The number of aromatic hydroxyl groups is 1. The average molecular weight is 260 g/mol. The molecule has 4 N–H and O–H groups in total. The molecule has 1 unspecified atom stereocenters. The summed E-state index contributed by atoms with van der Waals surface area (Å²) in [5.74, 6) is -0.604. The van der Waals surface area contributed by atoms with Crippen LogP contribution in [0.1, 0.15) is 17.3 Å². The first kappa shape index (κ1) is 13.8. The summed E-state index contributed by atoms with van der Waals surface area (Å²) in [6.45, 7) is 0.798. The van der Waals surface area contributed by atoms with E-state index in [1.54, 1.807) is 0 Å². The fourth-order valence-corrected chi connectivity index (χ4v) is 1.31. The first-order valence-electron chi connectivity index (χ1n) is 4.96. The first-order chi connectivity index (χ1) is 7.85. The summed E-state index contributed by atoms with van der Waals surface area (Å²) in [6.07, 6.45) is 0. The van der Waals surface area contributed by atoms with Crippen LogP contribution in [0.3, 0.4) is 0 Å². The number of nitrogens with one attached hydrogen (secondary N) is 1. The summed E-state index contributed by atoms with van der Waals surface area (Å²) in [6, 6.07) is 3.99. The maximum Gasteiger partial charge on any atom is 0.253 e. The van der Waals surface area contributed by atoms with Gasteiger partial charge in [0.1, 0.15) is 11.4 Å². The summed E-state index contributed by atoms with van der Waals surface area (Å²) in [5.41, 5.74) is -1.28. The largest absolute Gasteiger partial charge is 0.508 e. The number of amides is 1. The Balaban J connectivity index is 2.74. The van der Waals surface area contributed by atoms with Crippen LogP contribution in [0.4, 0.5) is 0 Å². The van der Waals surface area contributed by atoms with Crippen molar-refractivity contribution in [1.82, 2.24) is 5.32 Å². The van der Waals surface area contributed by atoms with E-state index in [2.05, 4.69) is 5.32 Å². The number of phenols is 1. The molecular weight excluding hydrogens is 246 g/mol. The van der Waals surface area contributed by atoms with Gasteiger partial charge in [-0.3, -0.25) is 4.79 Å². The maximum absolute atomic E-state index is 11.7. The number of hydrogen-bond donors (Lipinski definition) is 4. The molecule has 1 aromatic carbocycles. The summed E-state index contributed by atoms with van der Waals surface area (Å²) in [4.78, 5) is 11.7. The minimum atomic E-state index is -1.39. The zero-order valence-corrected chi connectivity index (χ0v) is 10.0. The van der Waals surface area contributed by atoms with Crippen LogP contribution >= 0.6 is 11.6 Å². The van der Waals surface area contributed by atoms with Crippen molar-refractivity contribution in [3.05, 3.63) is 28.8 Å². The van der Waals surface area contributed by atoms with Crippen LogP contribution in [0.25, 0.3) is 0 Å². The van der Waals surface area contributed by atoms with Gasteiger partial charge in [-0.25, -0.2) is 0 Å². The van der Waals surface area contributed by atoms with Gasteiger partial charge in [-0.1, -0.05) is 11.6 Å². The van der Waals surface area contributed by atoms with Gasteiger partial charge in [0, 0.05) is 6.54 Å². The number of aliphatic hydroxyl groups is 2. The third-order valence-electron chi connectivity index (χ3n) is 2.16. The fraction of sp³-hybridized carbons (Fsp3) is 0.364. The van der Waals surface area contributed by atoms with E-state index in [1.807, 2.05) is 0 Å². The molecule has 1 rings (SSSR count). The molecule has 0 aliphatic heterocycles. The topological polar surface area (TPSA) is 89.8 Å². The minimum Gasteiger partial charge on any atom is -0.508 e. The molecule has 5 nitrogen and oxygen atoms in total. The Kier molecular flexibility index (Phi) is 4.34. The van der Waals surface area contributed by atoms with Gasteiger partial charge in [-0.15, -0.1) is 0 Å². The molecule has 1 aromatic rings. The number of carbonyl (C=O) groups excluding carboxylic acids is 1. The van der Waals surface area contributed by atoms with Crippen LogP contribution in [0.5, 0.6) is 5.75 Å². The predicted octanol–water partition coefficient (Wildman–Crippen LogP) is 0.519. The minimum absolute atomic E-state index is 0.0755. The summed E-state index contributed by atoms with van der Waals surface area (Å²) < 4.78 is 0. The predicted molar refractivity (Wildman–Crippen MR) is 63.2 cm³/mol. The molecule has 0 radical (unpaired) electrons. The molecule has 17 heavy (non-hydrogen) atoms. The van der Waals surface area contributed by atoms with Gasteiger partial charge in [0.15, 0.2) is 0 Å². The Bertz CT molecular complexity index is 420. The van der Waals surface area contributed by atoms with Crippen molar-refractivity contribution >= 4 is 17.5 Å². The first-order valence-corrected chi connectivity index (χ1v) is 5.33. The highest BCUT2D eigenvalue weighted by Crippen LogP contribution is 2.21. The van der Waals surface area contributed by atoms with Crippen molar-refractivity contribution in [1.29, 1.82) is 0 Å². The van der Waals surface area contributed by atoms with Crippen molar-refractivity contribution in [2.75, 3.05) is 13.2 Å². The second-order valence-electron chi connectivity index (χ2n) is 4.00. The molecule has 1 atom stereocenters. The number of benzene rings is 1. The van der Waals surface area contributed by atoms with Crippen molar-refractivity contribution in [2.24, 2.45) is 0 Å². The van der Waals surface area contributed by atoms with Gasteiger partial charge in [-0.2, -0.15) is 0 Å². The lowest BCUT2D eigenvalue weighted by molar-refractivity contribution is 0.00320. The molecular formula is C11H14ClNO4. The molecule has 0 aliphatic rings. The van der Waals surface area contributed by atoms with Gasteiger partial charge >= 0.3 is 0 Å². The third-order valence-corrected chi connectivity index (χ3v) is 2.49. The number of rotatable bonds is 4. The van der Waals surface area contributed by atoms with E-state index < -0.39 is 18.1 Å². The SMILES string of the molecule is CC(O)(CO)CNC(=O)c1cc(O)ccc1Cl. The molecule has 0 fully saturated rings. The molecule has 0 heterocycles. The smallest absolute Gasteiger partial charge is 0.253 e. The van der Waals surface area contributed by atoms with E-state index in [0.29, 0.717) is 0 Å². The number of hydrogen-bond acceptors (Lipinski definition) is 4. The van der Waals surface area contributed by atoms with Crippen molar-refractivity contribution < 1.29 is 20.1 Å².